The van der Waals surface area contributed by atoms with Gasteiger partial charge in [0.25, 0.3) is 0 Å². The van der Waals surface area contributed by atoms with Crippen LogP contribution in [0.15, 0.2) is 77.2 Å². The lowest BCUT2D eigenvalue weighted by molar-refractivity contribution is -0.0658. The Morgan fingerprint density at radius 3 is 2.21 bits per heavy atom. The fourth-order valence-corrected chi connectivity index (χ4v) is 3.69. The lowest BCUT2D eigenvalue weighted by Gasteiger charge is -2.37. The molecule has 0 amide bonds. The number of hydrogen-bond acceptors (Lipinski definition) is 5. The van der Waals surface area contributed by atoms with Crippen molar-refractivity contribution in [3.05, 3.63) is 77.7 Å². The second-order valence-corrected chi connectivity index (χ2v) is 6.48. The van der Waals surface area contributed by atoms with E-state index in [4.69, 9.17) is 10.5 Å². The molecule has 28 heavy (non-hydrogen) atoms. The van der Waals surface area contributed by atoms with Crippen molar-refractivity contribution in [3.8, 4) is 6.07 Å². The zero-order valence-corrected chi connectivity index (χ0v) is 14.5. The van der Waals surface area contributed by atoms with Gasteiger partial charge in [-0.3, -0.25) is 0 Å². The van der Waals surface area contributed by atoms with Gasteiger partial charge in [0.15, 0.2) is 5.71 Å². The molecule has 0 aliphatic carbocycles. The van der Waals surface area contributed by atoms with E-state index in [-0.39, 0.29) is 11.5 Å². The lowest BCUT2D eigenvalue weighted by Crippen LogP contribution is -2.46. The molecule has 2 heterocycles. The molecule has 3 atom stereocenters. The minimum atomic E-state index is -4.69. The molecule has 0 aromatic heterocycles. The molecule has 2 aliphatic heterocycles. The third kappa shape index (κ3) is 2.85. The Labute approximate surface area is 159 Å². The van der Waals surface area contributed by atoms with Gasteiger partial charge in [-0.2, -0.15) is 23.5 Å². The second-order valence-electron chi connectivity index (χ2n) is 6.48. The van der Waals surface area contributed by atoms with Crippen molar-refractivity contribution in [3.63, 3.8) is 0 Å². The predicted molar refractivity (Wildman–Crippen MR) is 96.8 cm³/mol. The minimum Gasteiger partial charge on any atom is -0.452 e. The molecule has 5 nitrogen and oxygen atoms in total. The number of nitrogens with two attached hydrogens (primary N) is 1. The highest BCUT2D eigenvalue weighted by Gasteiger charge is 2.57. The average Bonchev–Trinajstić information content (AvgIpc) is 3.07. The van der Waals surface area contributed by atoms with Gasteiger partial charge < -0.3 is 10.5 Å². The first-order chi connectivity index (χ1) is 13.4. The van der Waals surface area contributed by atoms with Crippen LogP contribution >= 0.6 is 0 Å². The Bertz CT molecular complexity index is 980. The second kappa shape index (κ2) is 6.60. The summed E-state index contributed by atoms with van der Waals surface area (Å²) < 4.78 is 47.3. The van der Waals surface area contributed by atoms with Gasteiger partial charge in [0, 0.05) is 5.92 Å². The summed E-state index contributed by atoms with van der Waals surface area (Å²) in [6, 6.07) is 18.9. The molecule has 0 saturated heterocycles. The molecule has 2 N–H and O–H groups in total. The van der Waals surface area contributed by atoms with Crippen LogP contribution in [0.25, 0.3) is 0 Å². The van der Waals surface area contributed by atoms with Gasteiger partial charge in [-0.1, -0.05) is 48.5 Å². The number of anilines is 1. The summed E-state index contributed by atoms with van der Waals surface area (Å²) in [5.41, 5.74) is 5.92. The van der Waals surface area contributed by atoms with E-state index in [0.29, 0.717) is 11.3 Å². The van der Waals surface area contributed by atoms with E-state index in [1.54, 1.807) is 60.7 Å². The van der Waals surface area contributed by atoms with Crippen molar-refractivity contribution in [2.45, 2.75) is 18.3 Å². The van der Waals surface area contributed by atoms with Crippen LogP contribution in [-0.2, 0) is 4.74 Å². The summed E-state index contributed by atoms with van der Waals surface area (Å²) in [6.07, 6.45) is -5.79. The SMILES string of the molecule is N#CC1=C(N)O[C@@H]2[C@H](C(C(F)(F)F)=NN2c2ccccc2)[C@@H]1c1ccccc1. The summed E-state index contributed by atoms with van der Waals surface area (Å²) >= 11 is 0. The lowest BCUT2D eigenvalue weighted by atomic mass is 9.76. The standard InChI is InChI=1S/C20H15F3N4O/c21-20(22,23)17-16-15(12-7-3-1-4-8-12)14(11-24)18(25)28-19(16)27(26-17)13-9-5-2-6-10-13/h1-10,15-16,19H,25H2/t15-,16+,19-/m1/s1. The van der Waals surface area contributed by atoms with Crippen molar-refractivity contribution in [1.29, 1.82) is 5.26 Å². The molecule has 8 heteroatoms. The minimum absolute atomic E-state index is 0.0284. The molecule has 2 aromatic rings. The number of halogens is 3. The predicted octanol–water partition coefficient (Wildman–Crippen LogP) is 3.88. The number of rotatable bonds is 2. The number of para-hydroxylation sites is 1. The molecule has 2 aromatic carbocycles. The van der Waals surface area contributed by atoms with Crippen molar-refractivity contribution < 1.29 is 17.9 Å². The van der Waals surface area contributed by atoms with E-state index < -0.39 is 30.0 Å². The molecule has 0 spiro atoms. The van der Waals surface area contributed by atoms with E-state index in [9.17, 15) is 18.4 Å². The highest BCUT2D eigenvalue weighted by atomic mass is 19.4. The van der Waals surface area contributed by atoms with E-state index >= 15 is 0 Å². The maximum Gasteiger partial charge on any atom is 0.431 e. The molecule has 4 rings (SSSR count). The van der Waals surface area contributed by atoms with Gasteiger partial charge in [0.1, 0.15) is 6.07 Å². The van der Waals surface area contributed by atoms with Crippen molar-refractivity contribution in [1.82, 2.24) is 0 Å². The Kier molecular flexibility index (Phi) is 4.23. The number of ether oxygens (including phenoxy) is 1. The zero-order valence-electron chi connectivity index (χ0n) is 14.5. The smallest absolute Gasteiger partial charge is 0.431 e. The van der Waals surface area contributed by atoms with Crippen molar-refractivity contribution in [2.75, 3.05) is 5.01 Å². The number of hydrogen-bond donors (Lipinski definition) is 1. The van der Waals surface area contributed by atoms with E-state index in [1.165, 1.54) is 5.01 Å². The van der Waals surface area contributed by atoms with Gasteiger partial charge >= 0.3 is 6.18 Å². The highest BCUT2D eigenvalue weighted by Crippen LogP contribution is 2.48. The van der Waals surface area contributed by atoms with Crippen LogP contribution < -0.4 is 10.7 Å². The zero-order chi connectivity index (χ0) is 19.9. The van der Waals surface area contributed by atoms with Crippen LogP contribution in [0.4, 0.5) is 18.9 Å². The Morgan fingerprint density at radius 1 is 1.04 bits per heavy atom. The molecule has 2 aliphatic rings. The van der Waals surface area contributed by atoms with Crippen molar-refractivity contribution in [2.24, 2.45) is 16.8 Å². The number of fused-ring (bicyclic) bond motifs is 1. The van der Waals surface area contributed by atoms with Gasteiger partial charge in [0.05, 0.1) is 17.2 Å². The van der Waals surface area contributed by atoms with Crippen LogP contribution in [0.3, 0.4) is 0 Å². The van der Waals surface area contributed by atoms with E-state index in [2.05, 4.69) is 5.10 Å². The number of hydrazone groups is 1. The number of allylic oxidation sites excluding steroid dienone is 1. The monoisotopic (exact) mass is 384 g/mol. The van der Waals surface area contributed by atoms with Gasteiger partial charge in [-0.15, -0.1) is 0 Å². The maximum atomic E-state index is 13.9. The molecule has 0 saturated carbocycles. The first-order valence-electron chi connectivity index (χ1n) is 8.53. The molecular formula is C20H15F3N4O. The van der Waals surface area contributed by atoms with Crippen LogP contribution in [0.2, 0.25) is 0 Å². The number of nitrogens with zero attached hydrogens (tertiary/aromatic N) is 3. The summed E-state index contributed by atoms with van der Waals surface area (Å²) in [7, 11) is 0. The normalized spacial score (nSPS) is 24.3. The quantitative estimate of drug-likeness (QED) is 0.853. The van der Waals surface area contributed by atoms with Gasteiger partial charge in [-0.25, -0.2) is 5.01 Å². The third-order valence-corrected chi connectivity index (χ3v) is 4.85. The van der Waals surface area contributed by atoms with Gasteiger partial charge in [0.2, 0.25) is 12.1 Å². The fraction of sp³-hybridized carbons (Fsp3) is 0.200. The summed E-state index contributed by atoms with van der Waals surface area (Å²) in [4.78, 5) is 0. The Balaban J connectivity index is 1.90. The first kappa shape index (κ1) is 17.9. The summed E-state index contributed by atoms with van der Waals surface area (Å²) in [5.74, 6) is -2.33. The van der Waals surface area contributed by atoms with Crippen LogP contribution in [0, 0.1) is 17.2 Å². The molecule has 0 unspecified atom stereocenters. The molecule has 0 bridgehead atoms. The van der Waals surface area contributed by atoms with E-state index in [1.807, 2.05) is 6.07 Å². The molecule has 142 valence electrons. The largest absolute Gasteiger partial charge is 0.452 e. The summed E-state index contributed by atoms with van der Waals surface area (Å²) in [6.45, 7) is 0. The fourth-order valence-electron chi connectivity index (χ4n) is 3.69. The van der Waals surface area contributed by atoms with Gasteiger partial charge in [-0.05, 0) is 17.7 Å². The van der Waals surface area contributed by atoms with Crippen molar-refractivity contribution >= 4 is 11.4 Å². The third-order valence-electron chi connectivity index (χ3n) is 4.85. The first-order valence-corrected chi connectivity index (χ1v) is 8.53. The number of alkyl halides is 3. The Hall–Kier alpha value is -3.47. The van der Waals surface area contributed by atoms with Crippen LogP contribution in [0.5, 0.6) is 0 Å². The maximum absolute atomic E-state index is 13.9. The molecule has 0 radical (unpaired) electrons. The van der Waals surface area contributed by atoms with Crippen LogP contribution in [0.1, 0.15) is 11.5 Å². The summed E-state index contributed by atoms with van der Waals surface area (Å²) in [5, 5.41) is 14.6. The van der Waals surface area contributed by atoms with E-state index in [0.717, 1.165) is 0 Å². The highest BCUT2D eigenvalue weighted by molar-refractivity contribution is 5.96. The topological polar surface area (TPSA) is 74.6 Å². The Morgan fingerprint density at radius 2 is 1.64 bits per heavy atom. The molecular weight excluding hydrogens is 369 g/mol. The van der Waals surface area contributed by atoms with Crippen LogP contribution in [-0.4, -0.2) is 18.1 Å². The number of benzene rings is 2. The average molecular weight is 384 g/mol. The number of nitriles is 1. The molecule has 0 fully saturated rings.